The molecule has 3 aromatic heterocycles. The minimum atomic E-state index is -0.0340. The lowest BCUT2D eigenvalue weighted by atomic mass is 10.0. The van der Waals surface area contributed by atoms with Crippen LogP contribution in [0.15, 0.2) is 46.9 Å². The lowest BCUT2D eigenvalue weighted by molar-refractivity contribution is -0.118. The van der Waals surface area contributed by atoms with Crippen LogP contribution in [0.2, 0.25) is 0 Å². The Balaban J connectivity index is 1.47. The summed E-state index contributed by atoms with van der Waals surface area (Å²) >= 11 is 2.96. The van der Waals surface area contributed by atoms with E-state index in [9.17, 15) is 4.79 Å². The smallest absolute Gasteiger partial charge is 0.253 e. The van der Waals surface area contributed by atoms with Crippen LogP contribution in [-0.4, -0.2) is 31.2 Å². The molecule has 0 radical (unpaired) electrons. The molecular weight excluding hydrogens is 414 g/mol. The third-order valence-electron chi connectivity index (χ3n) is 4.87. The zero-order chi connectivity index (χ0) is 21.1. The van der Waals surface area contributed by atoms with Gasteiger partial charge in [0.2, 0.25) is 11.1 Å². The molecule has 6 nitrogen and oxygen atoms in total. The normalized spacial score (nSPS) is 11.2. The van der Waals surface area contributed by atoms with E-state index in [0.29, 0.717) is 17.5 Å². The van der Waals surface area contributed by atoms with Crippen LogP contribution in [0, 0.1) is 20.8 Å². The van der Waals surface area contributed by atoms with Crippen molar-refractivity contribution in [3.8, 4) is 0 Å². The zero-order valence-electron chi connectivity index (χ0n) is 17.2. The molecule has 0 fully saturated rings. The summed E-state index contributed by atoms with van der Waals surface area (Å²) in [7, 11) is 0. The highest BCUT2D eigenvalue weighted by Crippen LogP contribution is 2.21. The van der Waals surface area contributed by atoms with Gasteiger partial charge in [0.05, 0.1) is 12.3 Å². The van der Waals surface area contributed by atoms with Crippen molar-refractivity contribution in [2.45, 2.75) is 38.9 Å². The molecule has 8 heteroatoms. The van der Waals surface area contributed by atoms with Crippen LogP contribution < -0.4 is 5.32 Å². The Morgan fingerprint density at radius 2 is 2.03 bits per heavy atom. The van der Waals surface area contributed by atoms with Gasteiger partial charge in [-0.3, -0.25) is 4.79 Å². The first kappa shape index (κ1) is 20.6. The number of nitrogens with one attached hydrogen (secondary N) is 1. The molecule has 1 N–H and O–H groups in total. The van der Waals surface area contributed by atoms with E-state index in [1.165, 1.54) is 22.9 Å². The fourth-order valence-electron chi connectivity index (χ4n) is 3.31. The number of carbonyl (C=O) groups excluding carboxylic acids is 1. The van der Waals surface area contributed by atoms with Crippen molar-refractivity contribution in [3.63, 3.8) is 0 Å². The van der Waals surface area contributed by atoms with Crippen molar-refractivity contribution >= 4 is 34.8 Å². The summed E-state index contributed by atoms with van der Waals surface area (Å²) in [6.45, 7) is 6.71. The van der Waals surface area contributed by atoms with Crippen molar-refractivity contribution in [2.24, 2.45) is 0 Å². The highest BCUT2D eigenvalue weighted by atomic mass is 32.2. The number of hydrogen-bond acceptors (Lipinski definition) is 6. The number of carbonyl (C=O) groups is 1. The average molecular weight is 438 g/mol. The number of nitrogens with zero attached hydrogens (tertiary/aromatic N) is 4. The van der Waals surface area contributed by atoms with Gasteiger partial charge >= 0.3 is 0 Å². The van der Waals surface area contributed by atoms with Crippen LogP contribution in [0.25, 0.3) is 5.78 Å². The van der Waals surface area contributed by atoms with E-state index in [0.717, 1.165) is 28.2 Å². The molecule has 0 unspecified atom stereocenters. The second kappa shape index (κ2) is 8.97. The minimum Gasteiger partial charge on any atom is -0.350 e. The SMILES string of the molecule is Cc1cccc(Cc2c(C)nc3nc(SCC(=O)NCc4cccs4)nn3c2C)c1. The summed E-state index contributed by atoms with van der Waals surface area (Å²) in [5.41, 5.74) is 5.64. The Morgan fingerprint density at radius 3 is 2.80 bits per heavy atom. The molecular formula is C22H23N5OS2. The average Bonchev–Trinajstić information content (AvgIpc) is 3.38. The number of thiophene rings is 1. The summed E-state index contributed by atoms with van der Waals surface area (Å²) in [4.78, 5) is 22.4. The number of hydrogen-bond donors (Lipinski definition) is 1. The second-order valence-electron chi connectivity index (χ2n) is 7.18. The maximum Gasteiger partial charge on any atom is 0.253 e. The maximum atomic E-state index is 12.1. The molecule has 0 atom stereocenters. The fourth-order valence-corrected chi connectivity index (χ4v) is 4.61. The molecule has 30 heavy (non-hydrogen) atoms. The Morgan fingerprint density at radius 1 is 1.17 bits per heavy atom. The fraction of sp³-hybridized carbons (Fsp3) is 0.273. The molecule has 0 aliphatic rings. The van der Waals surface area contributed by atoms with Gasteiger partial charge in [0, 0.05) is 22.7 Å². The number of aromatic nitrogens is 4. The molecule has 0 aliphatic carbocycles. The number of amides is 1. The van der Waals surface area contributed by atoms with Crippen LogP contribution >= 0.6 is 23.1 Å². The van der Waals surface area contributed by atoms with Crippen LogP contribution in [0.1, 0.15) is 33.0 Å². The lowest BCUT2D eigenvalue weighted by Crippen LogP contribution is -2.24. The molecule has 0 bridgehead atoms. The van der Waals surface area contributed by atoms with Gasteiger partial charge in [-0.25, -0.2) is 9.50 Å². The van der Waals surface area contributed by atoms with Gasteiger partial charge in [-0.2, -0.15) is 4.98 Å². The summed E-state index contributed by atoms with van der Waals surface area (Å²) < 4.78 is 1.78. The Bertz CT molecular complexity index is 1180. The first-order chi connectivity index (χ1) is 14.5. The molecule has 154 valence electrons. The predicted molar refractivity (Wildman–Crippen MR) is 121 cm³/mol. The highest BCUT2D eigenvalue weighted by Gasteiger charge is 2.15. The predicted octanol–water partition coefficient (Wildman–Crippen LogP) is 4.11. The Hall–Kier alpha value is -2.71. The van der Waals surface area contributed by atoms with Crippen LogP contribution in [0.3, 0.4) is 0 Å². The van der Waals surface area contributed by atoms with Gasteiger partial charge in [0.15, 0.2) is 0 Å². The number of aryl methyl sites for hydroxylation is 3. The molecule has 0 aliphatic heterocycles. The molecule has 1 aromatic carbocycles. The third-order valence-corrected chi connectivity index (χ3v) is 6.58. The number of rotatable bonds is 7. The van der Waals surface area contributed by atoms with Crippen LogP contribution in [-0.2, 0) is 17.8 Å². The van der Waals surface area contributed by atoms with Crippen LogP contribution in [0.4, 0.5) is 0 Å². The van der Waals surface area contributed by atoms with Gasteiger partial charge in [0.25, 0.3) is 5.78 Å². The Kier molecular flexibility index (Phi) is 6.15. The molecule has 0 saturated carbocycles. The van der Waals surface area contributed by atoms with Gasteiger partial charge < -0.3 is 5.32 Å². The van der Waals surface area contributed by atoms with Crippen molar-refractivity contribution < 1.29 is 4.79 Å². The Labute approximate surface area is 183 Å². The van der Waals surface area contributed by atoms with Crippen molar-refractivity contribution in [1.82, 2.24) is 24.9 Å². The molecule has 1 amide bonds. The number of fused-ring (bicyclic) bond motifs is 1. The lowest BCUT2D eigenvalue weighted by Gasteiger charge is -2.10. The van der Waals surface area contributed by atoms with E-state index in [1.807, 2.05) is 31.4 Å². The third kappa shape index (κ3) is 4.71. The van der Waals surface area contributed by atoms with E-state index in [4.69, 9.17) is 0 Å². The monoisotopic (exact) mass is 437 g/mol. The summed E-state index contributed by atoms with van der Waals surface area (Å²) in [5.74, 6) is 0.809. The maximum absolute atomic E-state index is 12.1. The van der Waals surface area contributed by atoms with Crippen molar-refractivity contribution in [2.75, 3.05) is 5.75 Å². The van der Waals surface area contributed by atoms with E-state index < -0.39 is 0 Å². The molecule has 0 saturated heterocycles. The van der Waals surface area contributed by atoms with Gasteiger partial charge in [-0.1, -0.05) is 47.7 Å². The first-order valence-electron chi connectivity index (χ1n) is 9.70. The molecule has 4 aromatic rings. The first-order valence-corrected chi connectivity index (χ1v) is 11.6. The van der Waals surface area contributed by atoms with Crippen molar-refractivity contribution in [3.05, 3.63) is 74.7 Å². The zero-order valence-corrected chi connectivity index (χ0v) is 18.8. The van der Waals surface area contributed by atoms with Crippen LogP contribution in [0.5, 0.6) is 0 Å². The topological polar surface area (TPSA) is 72.2 Å². The van der Waals surface area contributed by atoms with Crippen molar-refractivity contribution in [1.29, 1.82) is 0 Å². The summed E-state index contributed by atoms with van der Waals surface area (Å²) in [6.07, 6.45) is 0.801. The van der Waals surface area contributed by atoms with Gasteiger partial charge in [-0.15, -0.1) is 16.4 Å². The van der Waals surface area contributed by atoms with Gasteiger partial charge in [0.1, 0.15) is 0 Å². The second-order valence-corrected chi connectivity index (χ2v) is 9.15. The van der Waals surface area contributed by atoms with E-state index in [1.54, 1.807) is 15.9 Å². The van der Waals surface area contributed by atoms with E-state index in [-0.39, 0.29) is 11.7 Å². The quantitative estimate of drug-likeness (QED) is 0.441. The standard InChI is InChI=1S/C22H23N5OS2/c1-14-6-4-7-17(10-14)11-19-15(2)24-21-25-22(26-27(21)16(19)3)30-13-20(28)23-12-18-8-5-9-29-18/h4-10H,11-13H2,1-3H3,(H,23,28). The number of thioether (sulfide) groups is 1. The summed E-state index contributed by atoms with van der Waals surface area (Å²) in [6, 6.07) is 12.5. The van der Waals surface area contributed by atoms with E-state index in [2.05, 4.69) is 51.6 Å². The summed E-state index contributed by atoms with van der Waals surface area (Å²) in [5, 5.41) is 10.1. The largest absolute Gasteiger partial charge is 0.350 e. The molecule has 0 spiro atoms. The minimum absolute atomic E-state index is 0.0340. The highest BCUT2D eigenvalue weighted by molar-refractivity contribution is 7.99. The molecule has 4 rings (SSSR count). The van der Waals surface area contributed by atoms with Gasteiger partial charge in [-0.05, 0) is 43.3 Å². The number of benzene rings is 1. The molecule has 3 heterocycles. The van der Waals surface area contributed by atoms with E-state index >= 15 is 0 Å².